The number of rotatable bonds is 3. The number of nitrogen functional groups attached to an aromatic ring is 2. The number of aliphatic hydroxyl groups is 1. The number of aryl methyl sites for hydroxylation is 1. The molecule has 0 bridgehead atoms. The molecule has 0 radical (unpaired) electrons. The van der Waals surface area contributed by atoms with E-state index < -0.39 is 6.23 Å². The molecule has 1 unspecified atom stereocenters. The summed E-state index contributed by atoms with van der Waals surface area (Å²) in [6.07, 6.45) is 2.54. The van der Waals surface area contributed by atoms with E-state index in [0.29, 0.717) is 11.4 Å². The summed E-state index contributed by atoms with van der Waals surface area (Å²) in [5.74, 6) is 0.278. The van der Waals surface area contributed by atoms with Gasteiger partial charge in [-0.1, -0.05) is 0 Å². The van der Waals surface area contributed by atoms with Crippen LogP contribution in [0.4, 0.5) is 22.9 Å². The first kappa shape index (κ1) is 13.1. The van der Waals surface area contributed by atoms with Gasteiger partial charge in [-0.15, -0.1) is 0 Å². The number of aliphatic hydroxyl groups excluding tert-OH is 1. The zero-order valence-electron chi connectivity index (χ0n) is 10.9. The van der Waals surface area contributed by atoms with Gasteiger partial charge in [0.25, 0.3) is 0 Å². The first-order valence-electron chi connectivity index (χ1n) is 5.90. The maximum atomic E-state index is 9.98. The van der Waals surface area contributed by atoms with E-state index in [9.17, 15) is 5.11 Å². The molecule has 6 heteroatoms. The van der Waals surface area contributed by atoms with Gasteiger partial charge in [-0.3, -0.25) is 4.98 Å². The zero-order chi connectivity index (χ0) is 14.0. The largest absolute Gasteiger partial charge is 0.396 e. The third-order valence-electron chi connectivity index (χ3n) is 2.75. The standard InChI is InChI=1S/C13H17N5O/c1-8-5-10(3-4-16-8)18(9(2)19)11-6-12(14)13(15)17-7-11/h3-7,9,19H,14H2,1-2H3,(H2,15,17). The quantitative estimate of drug-likeness (QED) is 0.721. The summed E-state index contributed by atoms with van der Waals surface area (Å²) in [5.41, 5.74) is 14.1. The van der Waals surface area contributed by atoms with E-state index >= 15 is 0 Å². The molecule has 5 N–H and O–H groups in total. The number of pyridine rings is 2. The van der Waals surface area contributed by atoms with Crippen LogP contribution in [0.3, 0.4) is 0 Å². The Bertz CT molecular complexity index is 585. The molecule has 2 heterocycles. The average Bonchev–Trinajstić information content (AvgIpc) is 2.33. The Morgan fingerprint density at radius 1 is 1.21 bits per heavy atom. The smallest absolute Gasteiger partial charge is 0.146 e. The Labute approximate surface area is 111 Å². The molecule has 0 aliphatic carbocycles. The molecule has 100 valence electrons. The molecule has 0 aromatic carbocycles. The molecule has 0 fully saturated rings. The highest BCUT2D eigenvalue weighted by Crippen LogP contribution is 2.29. The fourth-order valence-electron chi connectivity index (χ4n) is 1.87. The second kappa shape index (κ2) is 5.11. The van der Waals surface area contributed by atoms with Crippen LogP contribution in [0.15, 0.2) is 30.6 Å². The van der Waals surface area contributed by atoms with E-state index in [2.05, 4.69) is 9.97 Å². The normalized spacial score (nSPS) is 12.2. The van der Waals surface area contributed by atoms with Crippen molar-refractivity contribution in [3.05, 3.63) is 36.3 Å². The van der Waals surface area contributed by atoms with Crippen LogP contribution in [0, 0.1) is 6.92 Å². The van der Waals surface area contributed by atoms with Gasteiger partial charge in [-0.25, -0.2) is 4.98 Å². The molecule has 2 aromatic heterocycles. The van der Waals surface area contributed by atoms with Gasteiger partial charge >= 0.3 is 0 Å². The van der Waals surface area contributed by atoms with E-state index in [0.717, 1.165) is 11.4 Å². The SMILES string of the molecule is Cc1cc(N(c2cnc(N)c(N)c2)C(C)O)ccn1. The van der Waals surface area contributed by atoms with E-state index in [1.165, 1.54) is 0 Å². The summed E-state index contributed by atoms with van der Waals surface area (Å²) in [7, 11) is 0. The summed E-state index contributed by atoms with van der Waals surface area (Å²) in [5, 5.41) is 9.98. The highest BCUT2D eigenvalue weighted by Gasteiger charge is 2.16. The maximum Gasteiger partial charge on any atom is 0.146 e. The zero-order valence-corrected chi connectivity index (χ0v) is 10.9. The van der Waals surface area contributed by atoms with E-state index in [-0.39, 0.29) is 5.82 Å². The number of aromatic nitrogens is 2. The molecule has 0 saturated carbocycles. The highest BCUT2D eigenvalue weighted by molar-refractivity contribution is 5.70. The van der Waals surface area contributed by atoms with E-state index in [1.54, 1.807) is 30.3 Å². The van der Waals surface area contributed by atoms with Gasteiger partial charge in [0.2, 0.25) is 0 Å². The Balaban J connectivity index is 2.48. The minimum atomic E-state index is -0.730. The van der Waals surface area contributed by atoms with Crippen molar-refractivity contribution in [2.75, 3.05) is 16.4 Å². The lowest BCUT2D eigenvalue weighted by Crippen LogP contribution is -2.28. The molecule has 0 saturated heterocycles. The van der Waals surface area contributed by atoms with Crippen LogP contribution < -0.4 is 16.4 Å². The predicted octanol–water partition coefficient (Wildman–Crippen LogP) is 1.43. The Hall–Kier alpha value is -2.34. The molecule has 1 atom stereocenters. The minimum Gasteiger partial charge on any atom is -0.396 e. The molecule has 6 nitrogen and oxygen atoms in total. The van der Waals surface area contributed by atoms with E-state index in [1.807, 2.05) is 19.1 Å². The van der Waals surface area contributed by atoms with Crippen molar-refractivity contribution in [1.82, 2.24) is 9.97 Å². The third-order valence-corrected chi connectivity index (χ3v) is 2.75. The molecule has 0 spiro atoms. The summed E-state index contributed by atoms with van der Waals surface area (Å²) in [6.45, 7) is 3.56. The van der Waals surface area contributed by atoms with Crippen molar-refractivity contribution in [3.63, 3.8) is 0 Å². The van der Waals surface area contributed by atoms with Gasteiger partial charge in [0, 0.05) is 17.6 Å². The summed E-state index contributed by atoms with van der Waals surface area (Å²) in [6, 6.07) is 5.37. The van der Waals surface area contributed by atoms with Crippen molar-refractivity contribution in [2.45, 2.75) is 20.1 Å². The van der Waals surface area contributed by atoms with Gasteiger partial charge in [0.05, 0.1) is 17.6 Å². The van der Waals surface area contributed by atoms with Gasteiger partial charge in [0.1, 0.15) is 12.0 Å². The average molecular weight is 259 g/mol. The van der Waals surface area contributed by atoms with Crippen molar-refractivity contribution in [2.24, 2.45) is 0 Å². The van der Waals surface area contributed by atoms with Crippen LogP contribution in [0.1, 0.15) is 12.6 Å². The third kappa shape index (κ3) is 2.74. The second-order valence-corrected chi connectivity index (χ2v) is 4.33. The molecular formula is C13H17N5O. The van der Waals surface area contributed by atoms with Crippen LogP contribution in [0.2, 0.25) is 0 Å². The molecular weight excluding hydrogens is 242 g/mol. The van der Waals surface area contributed by atoms with Crippen LogP contribution >= 0.6 is 0 Å². The number of anilines is 4. The van der Waals surface area contributed by atoms with Crippen LogP contribution in [0.25, 0.3) is 0 Å². The molecule has 19 heavy (non-hydrogen) atoms. The fourth-order valence-corrected chi connectivity index (χ4v) is 1.87. The lowest BCUT2D eigenvalue weighted by Gasteiger charge is -2.28. The van der Waals surface area contributed by atoms with Gasteiger partial charge in [0.15, 0.2) is 0 Å². The monoisotopic (exact) mass is 259 g/mol. The minimum absolute atomic E-state index is 0.278. The molecule has 2 rings (SSSR count). The Kier molecular flexibility index (Phi) is 3.52. The van der Waals surface area contributed by atoms with Gasteiger partial charge < -0.3 is 21.5 Å². The van der Waals surface area contributed by atoms with Crippen molar-refractivity contribution in [1.29, 1.82) is 0 Å². The maximum absolute atomic E-state index is 9.98. The Morgan fingerprint density at radius 3 is 2.53 bits per heavy atom. The summed E-state index contributed by atoms with van der Waals surface area (Å²) in [4.78, 5) is 9.86. The number of nitrogens with zero attached hydrogens (tertiary/aromatic N) is 3. The first-order chi connectivity index (χ1) is 8.99. The van der Waals surface area contributed by atoms with Crippen LogP contribution in [0.5, 0.6) is 0 Å². The molecule has 0 aliphatic rings. The highest BCUT2D eigenvalue weighted by atomic mass is 16.3. The lowest BCUT2D eigenvalue weighted by atomic mass is 10.2. The van der Waals surface area contributed by atoms with E-state index in [4.69, 9.17) is 11.5 Å². The molecule has 0 amide bonds. The first-order valence-corrected chi connectivity index (χ1v) is 5.90. The second-order valence-electron chi connectivity index (χ2n) is 4.33. The molecule has 0 aliphatic heterocycles. The topological polar surface area (TPSA) is 101 Å². The lowest BCUT2D eigenvalue weighted by molar-refractivity contribution is 0.201. The molecule has 2 aromatic rings. The van der Waals surface area contributed by atoms with Gasteiger partial charge in [-0.2, -0.15) is 0 Å². The van der Waals surface area contributed by atoms with Gasteiger partial charge in [-0.05, 0) is 32.0 Å². The number of hydrogen-bond donors (Lipinski definition) is 3. The van der Waals surface area contributed by atoms with Crippen LogP contribution in [-0.2, 0) is 0 Å². The van der Waals surface area contributed by atoms with Crippen molar-refractivity contribution < 1.29 is 5.11 Å². The number of nitrogens with two attached hydrogens (primary N) is 2. The van der Waals surface area contributed by atoms with Crippen LogP contribution in [-0.4, -0.2) is 21.3 Å². The van der Waals surface area contributed by atoms with Crippen molar-refractivity contribution >= 4 is 22.9 Å². The summed E-state index contributed by atoms with van der Waals surface area (Å²) < 4.78 is 0. The Morgan fingerprint density at radius 2 is 1.95 bits per heavy atom. The van der Waals surface area contributed by atoms with Crippen molar-refractivity contribution in [3.8, 4) is 0 Å². The predicted molar refractivity (Wildman–Crippen MR) is 75.9 cm³/mol. The number of hydrogen-bond acceptors (Lipinski definition) is 6. The fraction of sp³-hybridized carbons (Fsp3) is 0.231. The summed E-state index contributed by atoms with van der Waals surface area (Å²) >= 11 is 0.